The van der Waals surface area contributed by atoms with Gasteiger partial charge < -0.3 is 4.90 Å². The Morgan fingerprint density at radius 1 is 1.29 bits per heavy atom. The van der Waals surface area contributed by atoms with Gasteiger partial charge in [-0.3, -0.25) is 0 Å². The number of hydrogen-bond acceptors (Lipinski definition) is 2. The molecule has 0 amide bonds. The van der Waals surface area contributed by atoms with E-state index in [9.17, 15) is 0 Å². The summed E-state index contributed by atoms with van der Waals surface area (Å²) >= 11 is 1.92. The smallest absolute Gasteiger partial charge is 0.0231 e. The van der Waals surface area contributed by atoms with Crippen LogP contribution in [0, 0.1) is 0 Å². The summed E-state index contributed by atoms with van der Waals surface area (Å²) in [5.74, 6) is 1.11. The van der Waals surface area contributed by atoms with E-state index < -0.39 is 0 Å². The average molecular weight is 205 g/mol. The Labute approximate surface area is 89.8 Å². The van der Waals surface area contributed by atoms with E-state index in [2.05, 4.69) is 49.3 Å². The van der Waals surface area contributed by atoms with Crippen LogP contribution in [-0.2, 0) is 0 Å². The van der Waals surface area contributed by atoms with Crippen molar-refractivity contribution in [2.45, 2.75) is 4.90 Å². The van der Waals surface area contributed by atoms with Gasteiger partial charge in [-0.2, -0.15) is 0 Å². The van der Waals surface area contributed by atoms with Crippen molar-refractivity contribution >= 4 is 17.3 Å². The van der Waals surface area contributed by atoms with E-state index in [1.807, 2.05) is 11.8 Å². The topological polar surface area (TPSA) is 3.24 Å². The van der Waals surface area contributed by atoms with Crippen LogP contribution in [0.15, 0.2) is 35.2 Å². The number of fused-ring (bicyclic) bond motifs is 1. The van der Waals surface area contributed by atoms with Crippen LogP contribution in [-0.4, -0.2) is 31.3 Å². The first kappa shape index (κ1) is 9.81. The molecule has 0 atom stereocenters. The molecule has 0 spiro atoms. The van der Waals surface area contributed by atoms with Gasteiger partial charge in [0.25, 0.3) is 0 Å². The number of nitrogens with zero attached hydrogens (tertiary/aromatic N) is 1. The van der Waals surface area contributed by atoms with Crippen LogP contribution in [0.25, 0.3) is 5.57 Å². The lowest BCUT2D eigenvalue weighted by molar-refractivity contribution is 0.462. The molecule has 0 radical (unpaired) electrons. The molecule has 0 bridgehead atoms. The van der Waals surface area contributed by atoms with Gasteiger partial charge in [0.1, 0.15) is 0 Å². The summed E-state index contributed by atoms with van der Waals surface area (Å²) in [6.07, 6.45) is 2.34. The summed E-state index contributed by atoms with van der Waals surface area (Å²) in [6.45, 7) is 1.04. The predicted molar refractivity (Wildman–Crippen MR) is 63.7 cm³/mol. The molecule has 1 aromatic carbocycles. The Balaban J connectivity index is 2.31. The second kappa shape index (κ2) is 4.20. The van der Waals surface area contributed by atoms with Crippen LogP contribution >= 0.6 is 11.8 Å². The van der Waals surface area contributed by atoms with Crippen molar-refractivity contribution in [2.24, 2.45) is 0 Å². The van der Waals surface area contributed by atoms with Crippen LogP contribution in [0.4, 0.5) is 0 Å². The van der Waals surface area contributed by atoms with Crippen LogP contribution < -0.4 is 0 Å². The Bertz CT molecular complexity index is 355. The zero-order valence-electron chi connectivity index (χ0n) is 8.66. The van der Waals surface area contributed by atoms with Gasteiger partial charge in [0.15, 0.2) is 0 Å². The van der Waals surface area contributed by atoms with Crippen molar-refractivity contribution < 1.29 is 0 Å². The summed E-state index contributed by atoms with van der Waals surface area (Å²) in [6, 6.07) is 8.66. The van der Waals surface area contributed by atoms with Gasteiger partial charge >= 0.3 is 0 Å². The molecular weight excluding hydrogens is 190 g/mol. The molecular formula is C12H15NS. The van der Waals surface area contributed by atoms with E-state index in [4.69, 9.17) is 0 Å². The molecule has 0 N–H and O–H groups in total. The molecule has 14 heavy (non-hydrogen) atoms. The first-order valence-electron chi connectivity index (χ1n) is 4.83. The van der Waals surface area contributed by atoms with Crippen LogP contribution in [0.2, 0.25) is 0 Å². The Morgan fingerprint density at radius 2 is 2.07 bits per heavy atom. The monoisotopic (exact) mass is 205 g/mol. The van der Waals surface area contributed by atoms with Crippen LogP contribution in [0.5, 0.6) is 0 Å². The molecule has 0 aliphatic carbocycles. The third-order valence-corrected chi connectivity index (χ3v) is 3.29. The molecule has 0 saturated heterocycles. The Morgan fingerprint density at radius 3 is 2.86 bits per heavy atom. The van der Waals surface area contributed by atoms with Gasteiger partial charge in [-0.1, -0.05) is 24.3 Å². The Hall–Kier alpha value is -0.730. The van der Waals surface area contributed by atoms with Gasteiger partial charge in [0, 0.05) is 17.2 Å². The lowest BCUT2D eigenvalue weighted by atomic mass is 10.1. The number of likely N-dealkylation sites (N-methyl/N-ethyl adjacent to an activating group) is 1. The number of benzene rings is 1. The largest absolute Gasteiger partial charge is 0.305 e. The molecule has 0 fully saturated rings. The summed E-state index contributed by atoms with van der Waals surface area (Å²) < 4.78 is 0. The molecule has 0 unspecified atom stereocenters. The zero-order chi connectivity index (χ0) is 9.97. The number of hydrogen-bond donors (Lipinski definition) is 0. The van der Waals surface area contributed by atoms with Gasteiger partial charge in [-0.05, 0) is 31.3 Å². The van der Waals surface area contributed by atoms with Gasteiger partial charge in [-0.15, -0.1) is 11.8 Å². The molecule has 0 saturated carbocycles. The van der Waals surface area contributed by atoms with Crippen molar-refractivity contribution in [3.63, 3.8) is 0 Å². The molecule has 1 aliphatic rings. The SMILES string of the molecule is CN(C)CC1=CCSc2ccccc21. The minimum absolute atomic E-state index is 1.04. The van der Waals surface area contributed by atoms with Gasteiger partial charge in [0.2, 0.25) is 0 Å². The standard InChI is InChI=1S/C12H15NS/c1-13(2)9-10-7-8-14-12-6-4-3-5-11(10)12/h3-7H,8-9H2,1-2H3. The fraction of sp³-hybridized carbons (Fsp3) is 0.333. The summed E-state index contributed by atoms with van der Waals surface area (Å²) in [7, 11) is 4.23. The lowest BCUT2D eigenvalue weighted by Crippen LogP contribution is -2.16. The minimum atomic E-state index is 1.04. The quantitative estimate of drug-likeness (QED) is 0.730. The highest BCUT2D eigenvalue weighted by molar-refractivity contribution is 7.99. The van der Waals surface area contributed by atoms with E-state index in [-0.39, 0.29) is 0 Å². The molecule has 1 heterocycles. The lowest BCUT2D eigenvalue weighted by Gasteiger charge is -2.20. The summed E-state index contributed by atoms with van der Waals surface area (Å²) in [5, 5.41) is 0. The minimum Gasteiger partial charge on any atom is -0.305 e. The normalized spacial score (nSPS) is 15.2. The molecule has 1 aromatic rings. The van der Waals surface area contributed by atoms with Crippen LogP contribution in [0.1, 0.15) is 5.56 Å². The molecule has 74 valence electrons. The van der Waals surface area contributed by atoms with Crippen molar-refractivity contribution in [1.82, 2.24) is 4.90 Å². The van der Waals surface area contributed by atoms with Crippen molar-refractivity contribution in [3.8, 4) is 0 Å². The van der Waals surface area contributed by atoms with Crippen molar-refractivity contribution in [1.29, 1.82) is 0 Å². The van der Waals surface area contributed by atoms with E-state index in [1.54, 1.807) is 0 Å². The van der Waals surface area contributed by atoms with E-state index >= 15 is 0 Å². The first-order chi connectivity index (χ1) is 6.77. The number of rotatable bonds is 2. The van der Waals surface area contributed by atoms with Gasteiger partial charge in [-0.25, -0.2) is 0 Å². The second-order valence-electron chi connectivity index (χ2n) is 3.77. The highest BCUT2D eigenvalue weighted by Gasteiger charge is 2.12. The third-order valence-electron chi connectivity index (χ3n) is 2.29. The number of thioether (sulfide) groups is 1. The highest BCUT2D eigenvalue weighted by atomic mass is 32.2. The molecule has 1 aliphatic heterocycles. The fourth-order valence-corrected chi connectivity index (χ4v) is 2.68. The molecule has 0 aromatic heterocycles. The van der Waals surface area contributed by atoms with Crippen molar-refractivity contribution in [2.75, 3.05) is 26.4 Å². The molecule has 2 heteroatoms. The van der Waals surface area contributed by atoms with E-state index in [0.29, 0.717) is 0 Å². The fourth-order valence-electron chi connectivity index (χ4n) is 1.69. The average Bonchev–Trinajstić information content (AvgIpc) is 2.18. The van der Waals surface area contributed by atoms with Crippen LogP contribution in [0.3, 0.4) is 0 Å². The maximum absolute atomic E-state index is 2.34. The third kappa shape index (κ3) is 2.02. The van der Waals surface area contributed by atoms with Crippen molar-refractivity contribution in [3.05, 3.63) is 35.9 Å². The Kier molecular flexibility index (Phi) is 2.94. The first-order valence-corrected chi connectivity index (χ1v) is 5.82. The second-order valence-corrected chi connectivity index (χ2v) is 4.84. The summed E-state index contributed by atoms with van der Waals surface area (Å²) in [4.78, 5) is 3.64. The highest BCUT2D eigenvalue weighted by Crippen LogP contribution is 2.33. The predicted octanol–water partition coefficient (Wildman–Crippen LogP) is 2.74. The zero-order valence-corrected chi connectivity index (χ0v) is 9.47. The van der Waals surface area contributed by atoms with E-state index in [0.717, 1.165) is 12.3 Å². The molecule has 1 nitrogen and oxygen atoms in total. The summed E-state index contributed by atoms with van der Waals surface area (Å²) in [5.41, 5.74) is 2.88. The maximum Gasteiger partial charge on any atom is 0.0231 e. The van der Waals surface area contributed by atoms with E-state index in [1.165, 1.54) is 16.0 Å². The maximum atomic E-state index is 2.34. The van der Waals surface area contributed by atoms with Gasteiger partial charge in [0.05, 0.1) is 0 Å². The molecule has 2 rings (SSSR count).